The van der Waals surface area contributed by atoms with Crippen LogP contribution >= 0.6 is 34.3 Å². The van der Waals surface area contributed by atoms with Crippen molar-refractivity contribution in [2.24, 2.45) is 0 Å². The fraction of sp³-hybridized carbons (Fsp3) is 0.125. The molecule has 0 fully saturated rings. The van der Waals surface area contributed by atoms with E-state index in [1.807, 2.05) is 5.38 Å². The maximum absolute atomic E-state index is 12.0. The summed E-state index contributed by atoms with van der Waals surface area (Å²) in [5.41, 5.74) is 1.33. The molecule has 10 heteroatoms. The normalized spacial score (nSPS) is 10.3. The van der Waals surface area contributed by atoms with Crippen molar-refractivity contribution in [2.75, 3.05) is 16.0 Å². The van der Waals surface area contributed by atoms with Crippen molar-refractivity contribution in [1.29, 1.82) is 0 Å². The number of hydrogen-bond donors (Lipinski definition) is 3. The van der Waals surface area contributed by atoms with Crippen LogP contribution in [0.3, 0.4) is 0 Å². The summed E-state index contributed by atoms with van der Waals surface area (Å²) >= 11 is 8.54. The number of thiazole rings is 2. The van der Waals surface area contributed by atoms with E-state index in [4.69, 9.17) is 11.6 Å². The van der Waals surface area contributed by atoms with Gasteiger partial charge in [-0.05, 0) is 24.6 Å². The van der Waals surface area contributed by atoms with Gasteiger partial charge in [0.25, 0.3) is 0 Å². The second-order valence-corrected chi connectivity index (χ2v) is 7.31. The number of aryl methyl sites for hydroxylation is 1. The highest BCUT2D eigenvalue weighted by Crippen LogP contribution is 2.19. The van der Waals surface area contributed by atoms with Crippen LogP contribution in [0.1, 0.15) is 12.1 Å². The van der Waals surface area contributed by atoms with Crippen molar-refractivity contribution < 1.29 is 9.59 Å². The number of amides is 3. The number of carbonyl (C=O) groups excluding carboxylic acids is 2. The van der Waals surface area contributed by atoms with Crippen LogP contribution < -0.4 is 16.0 Å². The first-order valence-corrected chi connectivity index (χ1v) is 9.69. The highest BCUT2D eigenvalue weighted by Gasteiger charge is 2.09. The summed E-state index contributed by atoms with van der Waals surface area (Å²) in [6.45, 7) is 0. The van der Waals surface area contributed by atoms with Crippen molar-refractivity contribution in [3.05, 3.63) is 51.9 Å². The Hall–Kier alpha value is -2.49. The fourth-order valence-electron chi connectivity index (χ4n) is 2.01. The van der Waals surface area contributed by atoms with E-state index in [0.29, 0.717) is 27.4 Å². The molecular formula is C16H14ClN5O2S2. The zero-order valence-electron chi connectivity index (χ0n) is 13.4. The van der Waals surface area contributed by atoms with Crippen molar-refractivity contribution in [3.63, 3.8) is 0 Å². The fourth-order valence-corrected chi connectivity index (χ4v) is 3.49. The standard InChI is InChI=1S/C16H14ClN5O2S2/c17-10-2-1-3-11(8-10)19-14(24)22-16-20-12(9-26-16)4-5-13(23)21-15-18-6-7-25-15/h1-3,6-9H,4-5H2,(H,18,21,23)(H2,19,20,22,24). The Morgan fingerprint density at radius 2 is 2.00 bits per heavy atom. The number of nitrogens with one attached hydrogen (secondary N) is 3. The third-order valence-electron chi connectivity index (χ3n) is 3.14. The van der Waals surface area contributed by atoms with E-state index in [2.05, 4.69) is 25.9 Å². The molecule has 3 amide bonds. The molecule has 26 heavy (non-hydrogen) atoms. The van der Waals surface area contributed by atoms with E-state index in [1.54, 1.807) is 35.8 Å². The van der Waals surface area contributed by atoms with Gasteiger partial charge in [0, 0.05) is 34.1 Å². The third kappa shape index (κ3) is 5.51. The second kappa shape index (κ2) is 8.75. The number of halogens is 1. The summed E-state index contributed by atoms with van der Waals surface area (Å²) in [7, 11) is 0. The Morgan fingerprint density at radius 1 is 1.12 bits per heavy atom. The second-order valence-electron chi connectivity index (χ2n) is 5.12. The van der Waals surface area contributed by atoms with Crippen LogP contribution in [0.2, 0.25) is 5.02 Å². The number of hydrogen-bond acceptors (Lipinski definition) is 6. The van der Waals surface area contributed by atoms with Gasteiger partial charge in [-0.1, -0.05) is 17.7 Å². The minimum Gasteiger partial charge on any atom is -0.308 e. The number of nitrogens with zero attached hydrogens (tertiary/aromatic N) is 2. The molecule has 3 N–H and O–H groups in total. The van der Waals surface area contributed by atoms with Crippen LogP contribution in [-0.4, -0.2) is 21.9 Å². The first-order chi connectivity index (χ1) is 12.6. The van der Waals surface area contributed by atoms with Crippen molar-refractivity contribution in [3.8, 4) is 0 Å². The Bertz CT molecular complexity index is 898. The van der Waals surface area contributed by atoms with Gasteiger partial charge in [0.1, 0.15) is 0 Å². The summed E-state index contributed by atoms with van der Waals surface area (Å²) < 4.78 is 0. The smallest absolute Gasteiger partial charge is 0.308 e. The molecule has 7 nitrogen and oxygen atoms in total. The maximum Gasteiger partial charge on any atom is 0.325 e. The number of rotatable bonds is 6. The predicted octanol–water partition coefficient (Wildman–Crippen LogP) is 4.47. The maximum atomic E-state index is 12.0. The number of carbonyl (C=O) groups is 2. The Labute approximate surface area is 162 Å². The lowest BCUT2D eigenvalue weighted by atomic mass is 10.2. The SMILES string of the molecule is O=C(CCc1csc(NC(=O)Nc2cccc(Cl)c2)n1)Nc1nccs1. The molecule has 0 bridgehead atoms. The molecule has 0 unspecified atom stereocenters. The predicted molar refractivity (Wildman–Crippen MR) is 105 cm³/mol. The van der Waals surface area contributed by atoms with E-state index in [-0.39, 0.29) is 12.3 Å². The molecule has 0 atom stereocenters. The molecule has 2 heterocycles. The van der Waals surface area contributed by atoms with E-state index >= 15 is 0 Å². The van der Waals surface area contributed by atoms with Gasteiger partial charge in [-0.3, -0.25) is 10.1 Å². The summed E-state index contributed by atoms with van der Waals surface area (Å²) in [5, 5.41) is 13.2. The first-order valence-electron chi connectivity index (χ1n) is 7.56. The summed E-state index contributed by atoms with van der Waals surface area (Å²) in [6.07, 6.45) is 2.40. The first kappa shape index (κ1) is 18.3. The summed E-state index contributed by atoms with van der Waals surface area (Å²) in [4.78, 5) is 32.1. The van der Waals surface area contributed by atoms with Crippen LogP contribution in [0.4, 0.5) is 20.7 Å². The van der Waals surface area contributed by atoms with Gasteiger partial charge in [-0.25, -0.2) is 14.8 Å². The van der Waals surface area contributed by atoms with Gasteiger partial charge >= 0.3 is 6.03 Å². The minimum atomic E-state index is -0.408. The number of anilines is 3. The molecule has 0 saturated carbocycles. The van der Waals surface area contributed by atoms with Crippen LogP contribution in [-0.2, 0) is 11.2 Å². The average Bonchev–Trinajstić information content (AvgIpc) is 3.25. The zero-order chi connectivity index (χ0) is 18.4. The summed E-state index contributed by atoms with van der Waals surface area (Å²) in [6, 6.07) is 6.45. The quantitative estimate of drug-likeness (QED) is 0.561. The lowest BCUT2D eigenvalue weighted by molar-refractivity contribution is -0.116. The monoisotopic (exact) mass is 407 g/mol. The molecule has 2 aromatic heterocycles. The van der Waals surface area contributed by atoms with Crippen molar-refractivity contribution in [1.82, 2.24) is 9.97 Å². The molecule has 0 aliphatic carbocycles. The number of aromatic nitrogens is 2. The number of urea groups is 1. The average molecular weight is 408 g/mol. The Kier molecular flexibility index (Phi) is 6.16. The molecular weight excluding hydrogens is 394 g/mol. The lowest BCUT2D eigenvalue weighted by Crippen LogP contribution is -2.19. The summed E-state index contributed by atoms with van der Waals surface area (Å²) in [5.74, 6) is -0.124. The molecule has 134 valence electrons. The van der Waals surface area contributed by atoms with Gasteiger partial charge in [0.05, 0.1) is 5.69 Å². The van der Waals surface area contributed by atoms with Crippen LogP contribution in [0.25, 0.3) is 0 Å². The van der Waals surface area contributed by atoms with Gasteiger partial charge < -0.3 is 10.6 Å². The highest BCUT2D eigenvalue weighted by molar-refractivity contribution is 7.14. The Morgan fingerprint density at radius 3 is 2.77 bits per heavy atom. The highest BCUT2D eigenvalue weighted by atomic mass is 35.5. The van der Waals surface area contributed by atoms with Gasteiger partial charge in [0.2, 0.25) is 5.91 Å². The van der Waals surface area contributed by atoms with Gasteiger partial charge in [0.15, 0.2) is 10.3 Å². The van der Waals surface area contributed by atoms with Crippen molar-refractivity contribution >= 4 is 62.2 Å². The topological polar surface area (TPSA) is 96.0 Å². The third-order valence-corrected chi connectivity index (χ3v) is 4.87. The molecule has 0 aliphatic rings. The molecule has 3 rings (SSSR count). The zero-order valence-corrected chi connectivity index (χ0v) is 15.7. The molecule has 0 aliphatic heterocycles. The molecule has 0 spiro atoms. The molecule has 0 saturated heterocycles. The van der Waals surface area contributed by atoms with E-state index in [0.717, 1.165) is 5.69 Å². The van der Waals surface area contributed by atoms with E-state index in [9.17, 15) is 9.59 Å². The molecule has 3 aromatic rings. The van der Waals surface area contributed by atoms with Gasteiger partial charge in [-0.2, -0.15) is 0 Å². The van der Waals surface area contributed by atoms with Crippen LogP contribution in [0, 0.1) is 0 Å². The van der Waals surface area contributed by atoms with E-state index in [1.165, 1.54) is 22.7 Å². The van der Waals surface area contributed by atoms with E-state index < -0.39 is 6.03 Å². The minimum absolute atomic E-state index is 0.124. The van der Waals surface area contributed by atoms with Crippen LogP contribution in [0.15, 0.2) is 41.2 Å². The lowest BCUT2D eigenvalue weighted by Gasteiger charge is -2.05. The van der Waals surface area contributed by atoms with Gasteiger partial charge in [-0.15, -0.1) is 22.7 Å². The molecule has 0 radical (unpaired) electrons. The number of benzene rings is 1. The van der Waals surface area contributed by atoms with Crippen molar-refractivity contribution in [2.45, 2.75) is 12.8 Å². The largest absolute Gasteiger partial charge is 0.325 e. The molecule has 1 aromatic carbocycles. The Balaban J connectivity index is 1.46. The van der Waals surface area contributed by atoms with Crippen LogP contribution in [0.5, 0.6) is 0 Å².